The second kappa shape index (κ2) is 8.64. The Morgan fingerprint density at radius 3 is 2.97 bits per heavy atom. The number of carbonyl (C=O) groups is 1. The lowest BCUT2D eigenvalue weighted by atomic mass is 9.95. The molecule has 180 valence electrons. The third-order valence-corrected chi connectivity index (χ3v) is 9.23. The first-order valence-electron chi connectivity index (χ1n) is 12.2. The normalized spacial score (nSPS) is 27.9. The highest BCUT2D eigenvalue weighted by molar-refractivity contribution is 7.85. The zero-order valence-electron chi connectivity index (χ0n) is 19.0. The summed E-state index contributed by atoms with van der Waals surface area (Å²) in [7, 11) is -1.46. The highest BCUT2D eigenvalue weighted by atomic mass is 32.2. The SMILES string of the molecule is O=C(O)c1c(NCS(=O)c2ccc(F)cc2CC2CC3CCCN3C2)ccc2c1OCC1CC21. The summed E-state index contributed by atoms with van der Waals surface area (Å²) in [6.07, 6.45) is 5.35. The van der Waals surface area contributed by atoms with Crippen LogP contribution in [0.15, 0.2) is 35.2 Å². The number of hydrogen-bond donors (Lipinski definition) is 2. The van der Waals surface area contributed by atoms with E-state index in [1.807, 2.05) is 6.07 Å². The lowest BCUT2D eigenvalue weighted by Crippen LogP contribution is -2.22. The van der Waals surface area contributed by atoms with Crippen molar-refractivity contribution in [2.45, 2.75) is 49.0 Å². The van der Waals surface area contributed by atoms with Crippen molar-refractivity contribution in [1.29, 1.82) is 0 Å². The smallest absolute Gasteiger partial charge is 0.341 e. The summed E-state index contributed by atoms with van der Waals surface area (Å²) in [6, 6.07) is 8.79. The predicted molar refractivity (Wildman–Crippen MR) is 127 cm³/mol. The topological polar surface area (TPSA) is 78.9 Å². The van der Waals surface area contributed by atoms with E-state index >= 15 is 0 Å². The van der Waals surface area contributed by atoms with Crippen LogP contribution >= 0.6 is 0 Å². The molecule has 8 heteroatoms. The minimum Gasteiger partial charge on any atom is -0.492 e. The third-order valence-electron chi connectivity index (χ3n) is 7.93. The zero-order chi connectivity index (χ0) is 23.4. The summed E-state index contributed by atoms with van der Waals surface area (Å²) < 4.78 is 33.2. The number of anilines is 1. The molecule has 2 aromatic rings. The third kappa shape index (κ3) is 4.01. The van der Waals surface area contributed by atoms with Gasteiger partial charge in [0.25, 0.3) is 0 Å². The van der Waals surface area contributed by atoms with Gasteiger partial charge in [-0.25, -0.2) is 9.18 Å². The fourth-order valence-electron chi connectivity index (χ4n) is 6.21. The molecule has 0 radical (unpaired) electrons. The molecule has 0 spiro atoms. The summed E-state index contributed by atoms with van der Waals surface area (Å²) in [6.45, 7) is 2.71. The monoisotopic (exact) mass is 484 g/mol. The van der Waals surface area contributed by atoms with Crippen molar-refractivity contribution in [1.82, 2.24) is 4.90 Å². The molecule has 5 unspecified atom stereocenters. The van der Waals surface area contributed by atoms with Gasteiger partial charge in [0.05, 0.1) is 29.0 Å². The quantitative estimate of drug-likeness (QED) is 0.613. The average molecular weight is 485 g/mol. The van der Waals surface area contributed by atoms with Gasteiger partial charge >= 0.3 is 5.97 Å². The Hall–Kier alpha value is -2.45. The van der Waals surface area contributed by atoms with E-state index in [-0.39, 0.29) is 17.3 Å². The van der Waals surface area contributed by atoms with Crippen LogP contribution in [0.25, 0.3) is 0 Å². The molecule has 6 nitrogen and oxygen atoms in total. The molecule has 5 atom stereocenters. The summed E-state index contributed by atoms with van der Waals surface area (Å²) in [4.78, 5) is 15.2. The van der Waals surface area contributed by atoms with E-state index in [9.17, 15) is 18.5 Å². The number of halogens is 1. The molecule has 3 heterocycles. The molecule has 1 saturated carbocycles. The summed E-state index contributed by atoms with van der Waals surface area (Å²) in [5.41, 5.74) is 2.25. The zero-order valence-corrected chi connectivity index (χ0v) is 19.8. The Kier molecular flexibility index (Phi) is 5.60. The van der Waals surface area contributed by atoms with Gasteiger partial charge in [0.1, 0.15) is 17.1 Å². The first-order valence-corrected chi connectivity index (χ1v) is 13.5. The van der Waals surface area contributed by atoms with E-state index in [1.165, 1.54) is 25.0 Å². The fourth-order valence-corrected chi connectivity index (χ4v) is 7.31. The van der Waals surface area contributed by atoms with Crippen molar-refractivity contribution in [2.75, 3.05) is 30.9 Å². The van der Waals surface area contributed by atoms with Gasteiger partial charge in [0.15, 0.2) is 0 Å². The van der Waals surface area contributed by atoms with Crippen LogP contribution in [0.3, 0.4) is 0 Å². The standard InChI is InChI=1S/C26H29FN2O4S/c27-18-3-6-23(16(10-18)8-15-9-19-2-1-7-29(19)12-15)34(32)14-28-22-5-4-20-21-11-17(21)13-33-25(20)24(22)26(30)31/h3-6,10,15,17,19,21,28H,1-2,7-9,11-14H2,(H,30,31). The van der Waals surface area contributed by atoms with Crippen molar-refractivity contribution in [3.8, 4) is 5.75 Å². The van der Waals surface area contributed by atoms with Crippen molar-refractivity contribution in [2.24, 2.45) is 11.8 Å². The molecule has 0 bridgehead atoms. The summed E-state index contributed by atoms with van der Waals surface area (Å²) in [5, 5.41) is 12.9. The number of carboxylic acids is 1. The van der Waals surface area contributed by atoms with Crippen molar-refractivity contribution >= 4 is 22.5 Å². The van der Waals surface area contributed by atoms with Gasteiger partial charge in [-0.05, 0) is 85.9 Å². The van der Waals surface area contributed by atoms with Crippen LogP contribution in [0, 0.1) is 17.7 Å². The Labute approximate surface area is 200 Å². The maximum atomic E-state index is 14.1. The van der Waals surface area contributed by atoms with E-state index in [2.05, 4.69) is 10.2 Å². The largest absolute Gasteiger partial charge is 0.492 e. The minimum absolute atomic E-state index is 0.0448. The highest BCUT2D eigenvalue weighted by Gasteiger charge is 2.45. The maximum Gasteiger partial charge on any atom is 0.341 e. The Morgan fingerprint density at radius 1 is 1.26 bits per heavy atom. The fraction of sp³-hybridized carbons (Fsp3) is 0.500. The van der Waals surface area contributed by atoms with E-state index in [0.29, 0.717) is 53.2 Å². The number of nitrogens with zero attached hydrogens (tertiary/aromatic N) is 1. The van der Waals surface area contributed by atoms with Crippen LogP contribution in [-0.2, 0) is 17.2 Å². The Morgan fingerprint density at radius 2 is 2.15 bits per heavy atom. The summed E-state index contributed by atoms with van der Waals surface area (Å²) >= 11 is 0. The number of rotatable bonds is 7. The summed E-state index contributed by atoms with van der Waals surface area (Å²) in [5.74, 6) is 0.425. The van der Waals surface area contributed by atoms with Gasteiger partial charge in [-0.3, -0.25) is 4.21 Å². The van der Waals surface area contributed by atoms with E-state index in [0.717, 1.165) is 37.1 Å². The molecule has 1 aliphatic carbocycles. The van der Waals surface area contributed by atoms with Crippen LogP contribution in [0.1, 0.15) is 53.1 Å². The molecule has 2 aromatic carbocycles. The molecule has 4 aliphatic rings. The van der Waals surface area contributed by atoms with Crippen molar-refractivity contribution in [3.63, 3.8) is 0 Å². The Bertz CT molecular complexity index is 1160. The average Bonchev–Trinajstić information content (AvgIpc) is 3.34. The number of carboxylic acid groups (broad SMARTS) is 1. The molecular weight excluding hydrogens is 455 g/mol. The van der Waals surface area contributed by atoms with Crippen LogP contribution < -0.4 is 10.1 Å². The number of ether oxygens (including phenoxy) is 1. The number of nitrogens with one attached hydrogen (secondary N) is 1. The molecule has 3 aliphatic heterocycles. The predicted octanol–water partition coefficient (Wildman–Crippen LogP) is 4.22. The first-order chi connectivity index (χ1) is 16.5. The van der Waals surface area contributed by atoms with Gasteiger partial charge < -0.3 is 20.1 Å². The highest BCUT2D eigenvalue weighted by Crippen LogP contribution is 2.55. The van der Waals surface area contributed by atoms with Gasteiger partial charge in [-0.1, -0.05) is 6.07 Å². The molecule has 2 saturated heterocycles. The molecule has 0 amide bonds. The van der Waals surface area contributed by atoms with E-state index in [1.54, 1.807) is 12.1 Å². The number of fused-ring (bicyclic) bond motifs is 4. The Balaban J connectivity index is 1.19. The number of hydrogen-bond acceptors (Lipinski definition) is 5. The van der Waals surface area contributed by atoms with Gasteiger partial charge in [0.2, 0.25) is 0 Å². The molecule has 0 aromatic heterocycles. The van der Waals surface area contributed by atoms with Gasteiger partial charge in [0, 0.05) is 23.4 Å². The molecule has 3 fully saturated rings. The second-order valence-corrected chi connectivity index (χ2v) is 11.6. The maximum absolute atomic E-state index is 14.1. The minimum atomic E-state index is -1.46. The van der Waals surface area contributed by atoms with Gasteiger partial charge in [-0.15, -0.1) is 0 Å². The number of benzene rings is 2. The lowest BCUT2D eigenvalue weighted by molar-refractivity contribution is 0.0692. The van der Waals surface area contributed by atoms with Crippen LogP contribution in [0.5, 0.6) is 5.75 Å². The molecule has 2 N–H and O–H groups in total. The lowest BCUT2D eigenvalue weighted by Gasteiger charge is -2.21. The van der Waals surface area contributed by atoms with Crippen LogP contribution in [0.2, 0.25) is 0 Å². The van der Waals surface area contributed by atoms with Crippen molar-refractivity contribution < 1.29 is 23.2 Å². The van der Waals surface area contributed by atoms with Crippen molar-refractivity contribution in [3.05, 3.63) is 52.8 Å². The van der Waals surface area contributed by atoms with Gasteiger partial charge in [-0.2, -0.15) is 0 Å². The molecule has 34 heavy (non-hydrogen) atoms. The van der Waals surface area contributed by atoms with E-state index in [4.69, 9.17) is 4.74 Å². The van der Waals surface area contributed by atoms with Crippen LogP contribution in [-0.4, -0.2) is 51.8 Å². The number of aromatic carboxylic acids is 1. The second-order valence-electron chi connectivity index (χ2n) is 10.1. The molecular formula is C26H29FN2O4S. The van der Waals surface area contributed by atoms with E-state index < -0.39 is 16.8 Å². The first kappa shape index (κ1) is 22.0. The molecule has 6 rings (SSSR count). The van der Waals surface area contributed by atoms with Crippen LogP contribution in [0.4, 0.5) is 10.1 Å².